The Morgan fingerprint density at radius 2 is 1.69 bits per heavy atom. The van der Waals surface area contributed by atoms with Crippen LogP contribution in [0.15, 0.2) is 24.4 Å². The highest BCUT2D eigenvalue weighted by Crippen LogP contribution is 1.92. The summed E-state index contributed by atoms with van der Waals surface area (Å²) < 4.78 is 0. The Morgan fingerprint density at radius 3 is 2.38 bits per heavy atom. The van der Waals surface area contributed by atoms with E-state index in [0.717, 1.165) is 24.5 Å². The summed E-state index contributed by atoms with van der Waals surface area (Å²) in [6, 6.07) is 0. The molecule has 1 N–H and O–H groups in total. The van der Waals surface area contributed by atoms with E-state index in [1.54, 1.807) is 0 Å². The van der Waals surface area contributed by atoms with Gasteiger partial charge in [-0.3, -0.25) is 0 Å². The minimum Gasteiger partial charge on any atom is -0.391 e. The summed E-state index contributed by atoms with van der Waals surface area (Å²) in [7, 11) is 0. The summed E-state index contributed by atoms with van der Waals surface area (Å²) in [6.45, 7) is 1.04. The molecule has 0 atom stereocenters. The standard InChI is InChI=1S/C10H19NS2/c1-12-9-5-3-4-7-11-8-6-10-13-2/h3,5-6,8,11H,4,7,9-10H2,1-2H3. The van der Waals surface area contributed by atoms with Gasteiger partial charge >= 0.3 is 0 Å². The highest BCUT2D eigenvalue weighted by atomic mass is 32.2. The molecule has 0 rings (SSSR count). The Hall–Kier alpha value is -0.0200. The third kappa shape index (κ3) is 12.0. The summed E-state index contributed by atoms with van der Waals surface area (Å²) in [5.74, 6) is 2.22. The van der Waals surface area contributed by atoms with Gasteiger partial charge < -0.3 is 5.32 Å². The molecule has 0 radical (unpaired) electrons. The zero-order valence-corrected chi connectivity index (χ0v) is 10.1. The molecule has 3 heteroatoms. The Labute approximate surface area is 90.4 Å². The van der Waals surface area contributed by atoms with Gasteiger partial charge in [-0.25, -0.2) is 0 Å². The normalized spacial score (nSPS) is 11.5. The van der Waals surface area contributed by atoms with E-state index < -0.39 is 0 Å². The van der Waals surface area contributed by atoms with Crippen molar-refractivity contribution in [1.29, 1.82) is 0 Å². The van der Waals surface area contributed by atoms with Gasteiger partial charge in [-0.1, -0.05) is 18.2 Å². The third-order valence-electron chi connectivity index (χ3n) is 1.38. The summed E-state index contributed by atoms with van der Waals surface area (Å²) in [5.41, 5.74) is 0. The van der Waals surface area contributed by atoms with Crippen LogP contribution in [-0.4, -0.2) is 30.6 Å². The maximum absolute atomic E-state index is 3.25. The van der Waals surface area contributed by atoms with Crippen molar-refractivity contribution < 1.29 is 0 Å². The van der Waals surface area contributed by atoms with Gasteiger partial charge in [0.2, 0.25) is 0 Å². The average molecular weight is 217 g/mol. The van der Waals surface area contributed by atoms with Gasteiger partial charge in [0, 0.05) is 18.1 Å². The first-order valence-electron chi connectivity index (χ1n) is 4.43. The van der Waals surface area contributed by atoms with Gasteiger partial charge in [0.25, 0.3) is 0 Å². The van der Waals surface area contributed by atoms with E-state index in [4.69, 9.17) is 0 Å². The fourth-order valence-corrected chi connectivity index (χ4v) is 1.38. The molecule has 0 heterocycles. The van der Waals surface area contributed by atoms with Crippen molar-refractivity contribution in [2.75, 3.05) is 30.6 Å². The highest BCUT2D eigenvalue weighted by Gasteiger charge is 1.78. The SMILES string of the molecule is CSCC=CCCNC=CCSC. The maximum atomic E-state index is 3.25. The molecular weight excluding hydrogens is 198 g/mol. The smallest absolute Gasteiger partial charge is 0.0175 e. The predicted molar refractivity (Wildman–Crippen MR) is 67.7 cm³/mol. The summed E-state index contributed by atoms with van der Waals surface area (Å²) in [4.78, 5) is 0. The Balaban J connectivity index is 3.07. The lowest BCUT2D eigenvalue weighted by molar-refractivity contribution is 0.850. The molecule has 0 saturated carbocycles. The van der Waals surface area contributed by atoms with E-state index in [-0.39, 0.29) is 0 Å². The van der Waals surface area contributed by atoms with Crippen LogP contribution >= 0.6 is 23.5 Å². The van der Waals surface area contributed by atoms with Gasteiger partial charge in [-0.15, -0.1) is 0 Å². The lowest BCUT2D eigenvalue weighted by atomic mass is 10.4. The van der Waals surface area contributed by atoms with Crippen LogP contribution in [0.1, 0.15) is 6.42 Å². The average Bonchev–Trinajstić information content (AvgIpc) is 2.16. The molecule has 76 valence electrons. The van der Waals surface area contributed by atoms with Crippen LogP contribution in [-0.2, 0) is 0 Å². The van der Waals surface area contributed by atoms with Crippen molar-refractivity contribution in [1.82, 2.24) is 5.32 Å². The van der Waals surface area contributed by atoms with Gasteiger partial charge in [0.15, 0.2) is 0 Å². The van der Waals surface area contributed by atoms with Crippen LogP contribution in [0.5, 0.6) is 0 Å². The molecule has 0 saturated heterocycles. The fraction of sp³-hybridized carbons (Fsp3) is 0.600. The van der Waals surface area contributed by atoms with Crippen LogP contribution in [0.25, 0.3) is 0 Å². The molecule has 0 spiro atoms. The molecule has 0 fully saturated rings. The van der Waals surface area contributed by atoms with Crippen LogP contribution in [0, 0.1) is 0 Å². The van der Waals surface area contributed by atoms with Gasteiger partial charge in [0.05, 0.1) is 0 Å². The van der Waals surface area contributed by atoms with Crippen molar-refractivity contribution in [2.45, 2.75) is 6.42 Å². The zero-order valence-electron chi connectivity index (χ0n) is 8.45. The topological polar surface area (TPSA) is 12.0 Å². The van der Waals surface area contributed by atoms with Gasteiger partial charge in [0.1, 0.15) is 0 Å². The van der Waals surface area contributed by atoms with E-state index >= 15 is 0 Å². The molecule has 0 aromatic carbocycles. The van der Waals surface area contributed by atoms with E-state index in [9.17, 15) is 0 Å². The molecule has 0 bridgehead atoms. The quantitative estimate of drug-likeness (QED) is 0.496. The second kappa shape index (κ2) is 12.0. The second-order valence-corrected chi connectivity index (χ2v) is 4.35. The second-order valence-electron chi connectivity index (χ2n) is 2.53. The van der Waals surface area contributed by atoms with Crippen molar-refractivity contribution in [2.24, 2.45) is 0 Å². The molecule has 0 unspecified atom stereocenters. The van der Waals surface area contributed by atoms with Gasteiger partial charge in [-0.05, 0) is 25.1 Å². The summed E-state index contributed by atoms with van der Waals surface area (Å²) in [5, 5.41) is 3.25. The Bertz CT molecular complexity index is 128. The molecule has 0 aromatic rings. The lowest BCUT2D eigenvalue weighted by Gasteiger charge is -1.95. The molecule has 0 aliphatic heterocycles. The Kier molecular flexibility index (Phi) is 12.0. The summed E-state index contributed by atoms with van der Waals surface area (Å²) in [6.07, 6.45) is 14.0. The molecule has 1 nitrogen and oxygen atoms in total. The van der Waals surface area contributed by atoms with Crippen molar-refractivity contribution in [3.8, 4) is 0 Å². The van der Waals surface area contributed by atoms with E-state index in [1.165, 1.54) is 0 Å². The van der Waals surface area contributed by atoms with Crippen LogP contribution in [0.4, 0.5) is 0 Å². The lowest BCUT2D eigenvalue weighted by Crippen LogP contribution is -2.05. The van der Waals surface area contributed by atoms with E-state index in [2.05, 4.69) is 36.1 Å². The molecule has 0 amide bonds. The van der Waals surface area contributed by atoms with Crippen LogP contribution in [0.2, 0.25) is 0 Å². The molecule has 13 heavy (non-hydrogen) atoms. The summed E-state index contributed by atoms with van der Waals surface area (Å²) >= 11 is 3.69. The number of thioether (sulfide) groups is 2. The monoisotopic (exact) mass is 217 g/mol. The fourth-order valence-electron chi connectivity index (χ4n) is 0.760. The van der Waals surface area contributed by atoms with Crippen molar-refractivity contribution in [3.05, 3.63) is 24.4 Å². The minimum absolute atomic E-state index is 1.04. The van der Waals surface area contributed by atoms with Crippen molar-refractivity contribution in [3.63, 3.8) is 0 Å². The van der Waals surface area contributed by atoms with Crippen molar-refractivity contribution >= 4 is 23.5 Å². The minimum atomic E-state index is 1.04. The van der Waals surface area contributed by atoms with Gasteiger partial charge in [-0.2, -0.15) is 23.5 Å². The zero-order chi connectivity index (χ0) is 9.78. The first-order chi connectivity index (χ1) is 6.41. The largest absolute Gasteiger partial charge is 0.391 e. The molecule has 0 aromatic heterocycles. The maximum Gasteiger partial charge on any atom is 0.0175 e. The van der Waals surface area contributed by atoms with Crippen LogP contribution in [0.3, 0.4) is 0 Å². The Morgan fingerprint density at radius 1 is 1.00 bits per heavy atom. The van der Waals surface area contributed by atoms with E-state index in [0.29, 0.717) is 0 Å². The molecule has 0 aliphatic carbocycles. The highest BCUT2D eigenvalue weighted by molar-refractivity contribution is 7.98. The van der Waals surface area contributed by atoms with E-state index in [1.807, 2.05) is 29.7 Å². The number of hydrogen-bond acceptors (Lipinski definition) is 3. The number of nitrogens with one attached hydrogen (secondary N) is 1. The third-order valence-corrected chi connectivity index (χ3v) is 2.44. The number of hydrogen-bond donors (Lipinski definition) is 1. The predicted octanol–water partition coefficient (Wildman–Crippen LogP) is 2.76. The number of rotatable bonds is 8. The first-order valence-corrected chi connectivity index (χ1v) is 7.22. The molecule has 0 aliphatic rings. The molecular formula is C10H19NS2. The first kappa shape index (κ1) is 13.0. The van der Waals surface area contributed by atoms with Crippen LogP contribution < -0.4 is 5.32 Å².